The minimum atomic E-state index is -0.538. The zero-order valence-electron chi connectivity index (χ0n) is 17.6. The second-order valence-electron chi connectivity index (χ2n) is 6.99. The molecule has 0 heterocycles. The van der Waals surface area contributed by atoms with Crippen LogP contribution in [0.1, 0.15) is 20.8 Å². The van der Waals surface area contributed by atoms with Crippen molar-refractivity contribution in [1.29, 1.82) is 0 Å². The summed E-state index contributed by atoms with van der Waals surface area (Å²) in [6.07, 6.45) is -0.222. The SMILES string of the molecule is C=CC(=O)OC(C)COC(C)COC(C)CNC(=O)Oc1cccc2ccccc12. The highest BCUT2D eigenvalue weighted by Crippen LogP contribution is 2.25. The Bertz CT molecular complexity index is 847. The first-order chi connectivity index (χ1) is 14.4. The molecule has 3 unspecified atom stereocenters. The molecule has 162 valence electrons. The molecule has 2 rings (SSSR count). The molecule has 2 aromatic rings. The minimum Gasteiger partial charge on any atom is -0.457 e. The molecule has 0 aliphatic heterocycles. The van der Waals surface area contributed by atoms with E-state index in [1.807, 2.05) is 50.2 Å². The molecular weight excluding hydrogens is 386 g/mol. The van der Waals surface area contributed by atoms with E-state index in [-0.39, 0.29) is 24.9 Å². The van der Waals surface area contributed by atoms with Crippen LogP contribution in [0, 0.1) is 0 Å². The van der Waals surface area contributed by atoms with Gasteiger partial charge in [-0.05, 0) is 32.2 Å². The third kappa shape index (κ3) is 7.85. The van der Waals surface area contributed by atoms with Crippen molar-refractivity contribution in [3.63, 3.8) is 0 Å². The molecule has 0 saturated carbocycles. The fourth-order valence-corrected chi connectivity index (χ4v) is 2.63. The van der Waals surface area contributed by atoms with Crippen molar-refractivity contribution < 1.29 is 28.5 Å². The van der Waals surface area contributed by atoms with Gasteiger partial charge in [0, 0.05) is 18.0 Å². The van der Waals surface area contributed by atoms with Crippen LogP contribution in [-0.2, 0) is 19.0 Å². The first kappa shape index (κ1) is 23.4. The van der Waals surface area contributed by atoms with Gasteiger partial charge in [0.15, 0.2) is 0 Å². The van der Waals surface area contributed by atoms with Gasteiger partial charge in [-0.15, -0.1) is 0 Å². The van der Waals surface area contributed by atoms with Crippen molar-refractivity contribution >= 4 is 22.8 Å². The molecule has 3 atom stereocenters. The van der Waals surface area contributed by atoms with Crippen LogP contribution in [0.3, 0.4) is 0 Å². The molecule has 0 radical (unpaired) electrons. The second-order valence-corrected chi connectivity index (χ2v) is 6.99. The molecule has 1 amide bonds. The van der Waals surface area contributed by atoms with Gasteiger partial charge >= 0.3 is 12.1 Å². The van der Waals surface area contributed by atoms with Crippen LogP contribution in [0.25, 0.3) is 10.8 Å². The van der Waals surface area contributed by atoms with Crippen LogP contribution in [0.4, 0.5) is 4.79 Å². The monoisotopic (exact) mass is 415 g/mol. The molecule has 0 aliphatic carbocycles. The highest BCUT2D eigenvalue weighted by Gasteiger charge is 2.13. The Balaban J connectivity index is 1.67. The predicted octanol–water partition coefficient (Wildman–Crippen LogP) is 3.86. The molecule has 0 aromatic heterocycles. The molecule has 0 saturated heterocycles. The van der Waals surface area contributed by atoms with Crippen LogP contribution >= 0.6 is 0 Å². The number of ether oxygens (including phenoxy) is 4. The van der Waals surface area contributed by atoms with Crippen molar-refractivity contribution in [1.82, 2.24) is 5.32 Å². The molecule has 7 nitrogen and oxygen atoms in total. The number of amides is 1. The molecule has 1 N–H and O–H groups in total. The Morgan fingerprint density at radius 2 is 1.63 bits per heavy atom. The van der Waals surface area contributed by atoms with Gasteiger partial charge in [-0.2, -0.15) is 0 Å². The summed E-state index contributed by atoms with van der Waals surface area (Å²) in [7, 11) is 0. The van der Waals surface area contributed by atoms with E-state index < -0.39 is 12.1 Å². The summed E-state index contributed by atoms with van der Waals surface area (Å²) in [4.78, 5) is 23.3. The van der Waals surface area contributed by atoms with E-state index in [1.54, 1.807) is 13.0 Å². The van der Waals surface area contributed by atoms with Crippen LogP contribution in [-0.4, -0.2) is 50.1 Å². The Morgan fingerprint density at radius 3 is 2.40 bits per heavy atom. The first-order valence-electron chi connectivity index (χ1n) is 9.88. The molecular formula is C23H29NO6. The third-order valence-electron chi connectivity index (χ3n) is 4.20. The zero-order valence-corrected chi connectivity index (χ0v) is 17.6. The van der Waals surface area contributed by atoms with Crippen molar-refractivity contribution in [3.05, 3.63) is 55.1 Å². The quantitative estimate of drug-likeness (QED) is 0.443. The van der Waals surface area contributed by atoms with Crippen LogP contribution < -0.4 is 10.1 Å². The normalized spacial score (nSPS) is 13.8. The molecule has 0 spiro atoms. The maximum absolute atomic E-state index is 12.1. The van der Waals surface area contributed by atoms with Gasteiger partial charge in [0.25, 0.3) is 0 Å². The van der Waals surface area contributed by atoms with Crippen molar-refractivity contribution in [2.45, 2.75) is 39.1 Å². The highest BCUT2D eigenvalue weighted by molar-refractivity contribution is 5.90. The lowest BCUT2D eigenvalue weighted by Crippen LogP contribution is -2.35. The summed E-state index contributed by atoms with van der Waals surface area (Å²) in [5, 5.41) is 4.58. The van der Waals surface area contributed by atoms with Gasteiger partial charge < -0.3 is 24.3 Å². The van der Waals surface area contributed by atoms with Gasteiger partial charge in [0.2, 0.25) is 0 Å². The van der Waals surface area contributed by atoms with Crippen LogP contribution in [0.2, 0.25) is 0 Å². The number of hydrogen-bond acceptors (Lipinski definition) is 6. The molecule has 0 aliphatic rings. The van der Waals surface area contributed by atoms with E-state index >= 15 is 0 Å². The zero-order chi connectivity index (χ0) is 21.9. The topological polar surface area (TPSA) is 83.1 Å². The lowest BCUT2D eigenvalue weighted by atomic mass is 10.1. The van der Waals surface area contributed by atoms with Crippen molar-refractivity contribution in [3.8, 4) is 5.75 Å². The van der Waals surface area contributed by atoms with E-state index in [0.29, 0.717) is 18.9 Å². The maximum Gasteiger partial charge on any atom is 0.412 e. The minimum absolute atomic E-state index is 0.194. The summed E-state index contributed by atoms with van der Waals surface area (Å²) < 4.78 is 21.7. The largest absolute Gasteiger partial charge is 0.457 e. The van der Waals surface area contributed by atoms with Crippen molar-refractivity contribution in [2.24, 2.45) is 0 Å². The van der Waals surface area contributed by atoms with Gasteiger partial charge in [-0.1, -0.05) is 43.0 Å². The summed E-state index contributed by atoms with van der Waals surface area (Å²) in [6, 6.07) is 13.3. The van der Waals surface area contributed by atoms with E-state index in [9.17, 15) is 9.59 Å². The van der Waals surface area contributed by atoms with Gasteiger partial charge in [-0.25, -0.2) is 9.59 Å². The van der Waals surface area contributed by atoms with E-state index in [4.69, 9.17) is 18.9 Å². The molecule has 30 heavy (non-hydrogen) atoms. The Morgan fingerprint density at radius 1 is 0.967 bits per heavy atom. The fourth-order valence-electron chi connectivity index (χ4n) is 2.63. The Labute approximate surface area is 176 Å². The second kappa shape index (κ2) is 11.9. The first-order valence-corrected chi connectivity index (χ1v) is 9.88. The predicted molar refractivity (Wildman–Crippen MR) is 115 cm³/mol. The lowest BCUT2D eigenvalue weighted by Gasteiger charge is -2.20. The number of hydrogen-bond donors (Lipinski definition) is 1. The number of nitrogens with one attached hydrogen (secondary N) is 1. The molecule has 7 heteroatoms. The number of esters is 1. The maximum atomic E-state index is 12.1. The lowest BCUT2D eigenvalue weighted by molar-refractivity contribution is -0.146. The van der Waals surface area contributed by atoms with Gasteiger partial charge in [0.1, 0.15) is 11.9 Å². The van der Waals surface area contributed by atoms with E-state index in [2.05, 4.69) is 11.9 Å². The average molecular weight is 415 g/mol. The van der Waals surface area contributed by atoms with E-state index in [0.717, 1.165) is 16.8 Å². The number of fused-ring (bicyclic) bond motifs is 1. The summed E-state index contributed by atoms with van der Waals surface area (Å²) in [5.41, 5.74) is 0. The highest BCUT2D eigenvalue weighted by atomic mass is 16.6. The van der Waals surface area contributed by atoms with Crippen LogP contribution in [0.15, 0.2) is 55.1 Å². The molecule has 2 aromatic carbocycles. The van der Waals surface area contributed by atoms with Crippen molar-refractivity contribution in [2.75, 3.05) is 19.8 Å². The standard InChI is InChI=1S/C23H29NO6/c1-5-22(25)29-18(4)15-28-17(3)14-27-16(2)13-24-23(26)30-21-12-8-10-19-9-6-7-11-20(19)21/h5-12,16-18H,1,13-15H2,2-4H3,(H,24,26). The number of carbonyl (C=O) groups excluding carboxylic acids is 2. The van der Waals surface area contributed by atoms with Gasteiger partial charge in [0.05, 0.1) is 25.4 Å². The smallest absolute Gasteiger partial charge is 0.412 e. The Kier molecular flexibility index (Phi) is 9.31. The van der Waals surface area contributed by atoms with E-state index in [1.165, 1.54) is 0 Å². The summed E-state index contributed by atoms with van der Waals surface area (Å²) in [5.74, 6) is 0.0255. The summed E-state index contributed by atoms with van der Waals surface area (Å²) in [6.45, 7) is 9.68. The molecule has 0 fully saturated rings. The summed E-state index contributed by atoms with van der Waals surface area (Å²) >= 11 is 0. The van der Waals surface area contributed by atoms with Gasteiger partial charge in [-0.3, -0.25) is 0 Å². The van der Waals surface area contributed by atoms with Crippen LogP contribution in [0.5, 0.6) is 5.75 Å². The fraction of sp³-hybridized carbons (Fsp3) is 0.391. The third-order valence-corrected chi connectivity index (χ3v) is 4.20. The molecule has 0 bridgehead atoms. The number of benzene rings is 2. The number of rotatable bonds is 11. The Hall–Kier alpha value is -2.90. The average Bonchev–Trinajstić information content (AvgIpc) is 2.75. The number of carbonyl (C=O) groups is 2.